The first-order valence-electron chi connectivity index (χ1n) is 6.61. The number of nitrogen functional groups attached to an aromatic ring is 1. The molecule has 0 bridgehead atoms. The van der Waals surface area contributed by atoms with E-state index in [-0.39, 0.29) is 11.9 Å². The molecule has 5 heteroatoms. The van der Waals surface area contributed by atoms with E-state index in [1.165, 1.54) is 0 Å². The molecule has 1 heterocycles. The van der Waals surface area contributed by atoms with Gasteiger partial charge in [-0.2, -0.15) is 0 Å². The van der Waals surface area contributed by atoms with E-state index >= 15 is 0 Å². The molecule has 0 spiro atoms. The van der Waals surface area contributed by atoms with Crippen molar-refractivity contribution in [1.82, 2.24) is 5.32 Å². The Morgan fingerprint density at radius 3 is 2.68 bits per heavy atom. The van der Waals surface area contributed by atoms with E-state index in [0.29, 0.717) is 11.3 Å². The van der Waals surface area contributed by atoms with Gasteiger partial charge in [0, 0.05) is 30.5 Å². The SMILES string of the molecule is CC(C)NC(=O)c1cc(N2CCOCC2)ccc1N. The molecule has 0 saturated carbocycles. The van der Waals surface area contributed by atoms with Crippen LogP contribution < -0.4 is 16.0 Å². The highest BCUT2D eigenvalue weighted by Crippen LogP contribution is 2.22. The average Bonchev–Trinajstić information content (AvgIpc) is 2.39. The molecule has 1 aromatic carbocycles. The van der Waals surface area contributed by atoms with Crippen molar-refractivity contribution in [2.45, 2.75) is 19.9 Å². The van der Waals surface area contributed by atoms with Crippen molar-refractivity contribution in [3.05, 3.63) is 23.8 Å². The Bertz CT molecular complexity index is 454. The molecule has 5 nitrogen and oxygen atoms in total. The number of amides is 1. The van der Waals surface area contributed by atoms with E-state index in [2.05, 4.69) is 10.2 Å². The average molecular weight is 263 g/mol. The Kier molecular flexibility index (Phi) is 4.27. The van der Waals surface area contributed by atoms with Crippen LogP contribution in [0.2, 0.25) is 0 Å². The van der Waals surface area contributed by atoms with Crippen LogP contribution in [0.15, 0.2) is 18.2 Å². The molecule has 3 N–H and O–H groups in total. The lowest BCUT2D eigenvalue weighted by Crippen LogP contribution is -2.36. The number of nitrogens with zero attached hydrogens (tertiary/aromatic N) is 1. The topological polar surface area (TPSA) is 67.6 Å². The number of nitrogens with two attached hydrogens (primary N) is 1. The molecule has 0 atom stereocenters. The Balaban J connectivity index is 2.21. The van der Waals surface area contributed by atoms with Crippen LogP contribution in [-0.2, 0) is 4.74 Å². The van der Waals surface area contributed by atoms with Gasteiger partial charge in [-0.3, -0.25) is 4.79 Å². The lowest BCUT2D eigenvalue weighted by atomic mass is 10.1. The van der Waals surface area contributed by atoms with Gasteiger partial charge in [-0.25, -0.2) is 0 Å². The molecule has 0 radical (unpaired) electrons. The van der Waals surface area contributed by atoms with Crippen LogP contribution in [0, 0.1) is 0 Å². The van der Waals surface area contributed by atoms with Gasteiger partial charge >= 0.3 is 0 Å². The zero-order valence-electron chi connectivity index (χ0n) is 11.5. The number of rotatable bonds is 3. The number of hydrogen-bond donors (Lipinski definition) is 2. The van der Waals surface area contributed by atoms with Crippen molar-refractivity contribution in [2.24, 2.45) is 0 Å². The molecular formula is C14H21N3O2. The van der Waals surface area contributed by atoms with Crippen LogP contribution in [0.25, 0.3) is 0 Å². The monoisotopic (exact) mass is 263 g/mol. The quantitative estimate of drug-likeness (QED) is 0.805. The van der Waals surface area contributed by atoms with Crippen molar-refractivity contribution in [3.63, 3.8) is 0 Å². The second kappa shape index (κ2) is 5.93. The summed E-state index contributed by atoms with van der Waals surface area (Å²) in [6.07, 6.45) is 0. The second-order valence-corrected chi connectivity index (χ2v) is 5.00. The number of carbonyl (C=O) groups excluding carboxylic acids is 1. The van der Waals surface area contributed by atoms with E-state index in [9.17, 15) is 4.79 Å². The van der Waals surface area contributed by atoms with Gasteiger partial charge in [-0.15, -0.1) is 0 Å². The maximum absolute atomic E-state index is 12.1. The lowest BCUT2D eigenvalue weighted by molar-refractivity contribution is 0.0944. The number of benzene rings is 1. The van der Waals surface area contributed by atoms with Crippen LogP contribution in [0.1, 0.15) is 24.2 Å². The van der Waals surface area contributed by atoms with E-state index in [4.69, 9.17) is 10.5 Å². The number of nitrogens with one attached hydrogen (secondary N) is 1. The smallest absolute Gasteiger partial charge is 0.253 e. The van der Waals surface area contributed by atoms with Gasteiger partial charge in [-0.05, 0) is 32.0 Å². The molecule has 1 fully saturated rings. The summed E-state index contributed by atoms with van der Waals surface area (Å²) in [4.78, 5) is 14.3. The molecule has 104 valence electrons. The third-order valence-corrected chi connectivity index (χ3v) is 3.08. The van der Waals surface area contributed by atoms with Crippen molar-refractivity contribution in [3.8, 4) is 0 Å². The minimum Gasteiger partial charge on any atom is -0.398 e. The minimum atomic E-state index is -0.123. The van der Waals surface area contributed by atoms with E-state index < -0.39 is 0 Å². The minimum absolute atomic E-state index is 0.0962. The molecule has 2 rings (SSSR count). The zero-order valence-corrected chi connectivity index (χ0v) is 11.5. The predicted molar refractivity (Wildman–Crippen MR) is 76.5 cm³/mol. The van der Waals surface area contributed by atoms with E-state index in [0.717, 1.165) is 32.0 Å². The van der Waals surface area contributed by atoms with Gasteiger partial charge in [0.2, 0.25) is 0 Å². The van der Waals surface area contributed by atoms with Gasteiger partial charge in [0.15, 0.2) is 0 Å². The van der Waals surface area contributed by atoms with Crippen LogP contribution >= 0.6 is 0 Å². The fourth-order valence-corrected chi connectivity index (χ4v) is 2.10. The number of anilines is 2. The summed E-state index contributed by atoms with van der Waals surface area (Å²) < 4.78 is 5.33. The Morgan fingerprint density at radius 2 is 2.05 bits per heavy atom. The summed E-state index contributed by atoms with van der Waals surface area (Å²) in [6, 6.07) is 5.70. The molecule has 1 aromatic rings. The van der Waals surface area contributed by atoms with Gasteiger partial charge in [0.05, 0.1) is 18.8 Å². The number of hydrogen-bond acceptors (Lipinski definition) is 4. The predicted octanol–water partition coefficient (Wildman–Crippen LogP) is 1.24. The van der Waals surface area contributed by atoms with Crippen LogP contribution in [-0.4, -0.2) is 38.3 Å². The summed E-state index contributed by atoms with van der Waals surface area (Å²) in [7, 11) is 0. The fourth-order valence-electron chi connectivity index (χ4n) is 2.10. The third kappa shape index (κ3) is 3.38. The summed E-state index contributed by atoms with van der Waals surface area (Å²) in [5.74, 6) is -0.123. The highest BCUT2D eigenvalue weighted by molar-refractivity contribution is 6.00. The zero-order chi connectivity index (χ0) is 13.8. The Labute approximate surface area is 113 Å². The fraction of sp³-hybridized carbons (Fsp3) is 0.500. The summed E-state index contributed by atoms with van der Waals surface area (Å²) in [5.41, 5.74) is 7.96. The van der Waals surface area contributed by atoms with Gasteiger partial charge in [0.1, 0.15) is 0 Å². The largest absolute Gasteiger partial charge is 0.398 e. The highest BCUT2D eigenvalue weighted by atomic mass is 16.5. The van der Waals surface area contributed by atoms with Crippen LogP contribution in [0.3, 0.4) is 0 Å². The van der Waals surface area contributed by atoms with Crippen molar-refractivity contribution >= 4 is 17.3 Å². The van der Waals surface area contributed by atoms with E-state index in [1.807, 2.05) is 26.0 Å². The molecule has 19 heavy (non-hydrogen) atoms. The molecule has 1 amide bonds. The Morgan fingerprint density at radius 1 is 1.37 bits per heavy atom. The summed E-state index contributed by atoms with van der Waals surface area (Å²) in [6.45, 7) is 6.99. The van der Waals surface area contributed by atoms with Crippen molar-refractivity contribution in [2.75, 3.05) is 36.9 Å². The number of ether oxygens (including phenoxy) is 1. The molecule has 1 aliphatic rings. The molecule has 0 unspecified atom stereocenters. The standard InChI is InChI=1S/C14H21N3O2/c1-10(2)16-14(18)12-9-11(3-4-13(12)15)17-5-7-19-8-6-17/h3-4,9-10H,5-8,15H2,1-2H3,(H,16,18). The van der Waals surface area contributed by atoms with Crippen molar-refractivity contribution in [1.29, 1.82) is 0 Å². The molecular weight excluding hydrogens is 242 g/mol. The first-order chi connectivity index (χ1) is 9.08. The number of morpholine rings is 1. The van der Waals surface area contributed by atoms with Crippen molar-refractivity contribution < 1.29 is 9.53 Å². The van der Waals surface area contributed by atoms with Crippen LogP contribution in [0.4, 0.5) is 11.4 Å². The van der Waals surface area contributed by atoms with E-state index in [1.54, 1.807) is 6.07 Å². The first kappa shape index (κ1) is 13.7. The summed E-state index contributed by atoms with van der Waals surface area (Å²) in [5, 5.41) is 2.87. The van der Waals surface area contributed by atoms with Gasteiger partial charge in [-0.1, -0.05) is 0 Å². The number of carbonyl (C=O) groups is 1. The second-order valence-electron chi connectivity index (χ2n) is 5.00. The third-order valence-electron chi connectivity index (χ3n) is 3.08. The highest BCUT2D eigenvalue weighted by Gasteiger charge is 2.16. The first-order valence-corrected chi connectivity index (χ1v) is 6.61. The summed E-state index contributed by atoms with van der Waals surface area (Å²) >= 11 is 0. The maximum atomic E-state index is 12.1. The molecule has 1 aliphatic heterocycles. The van der Waals surface area contributed by atoms with Gasteiger partial charge < -0.3 is 20.7 Å². The molecule has 0 aliphatic carbocycles. The van der Waals surface area contributed by atoms with Gasteiger partial charge in [0.25, 0.3) is 5.91 Å². The lowest BCUT2D eigenvalue weighted by Gasteiger charge is -2.29. The molecule has 0 aromatic heterocycles. The van der Waals surface area contributed by atoms with Crippen LogP contribution in [0.5, 0.6) is 0 Å². The maximum Gasteiger partial charge on any atom is 0.253 e. The Hall–Kier alpha value is -1.75. The normalized spacial score (nSPS) is 15.6. The molecule has 1 saturated heterocycles.